The van der Waals surface area contributed by atoms with Crippen molar-refractivity contribution in [1.29, 1.82) is 5.26 Å². The summed E-state index contributed by atoms with van der Waals surface area (Å²) in [6, 6.07) is 1.70. The molecule has 0 heterocycles. The van der Waals surface area contributed by atoms with Crippen LogP contribution < -0.4 is 5.73 Å². The Balaban J connectivity index is 0. The molecule has 3 N–H and O–H groups in total. The van der Waals surface area contributed by atoms with Gasteiger partial charge in [-0.2, -0.15) is 5.26 Å². The number of amidine groups is 1. The van der Waals surface area contributed by atoms with E-state index in [0.717, 1.165) is 0 Å². The molecule has 58 valence electrons. The maximum atomic E-state index is 7.71. The van der Waals surface area contributed by atoms with Crippen LogP contribution in [-0.2, 0) is 0 Å². The Morgan fingerprint density at radius 3 is 2.10 bits per heavy atom. The van der Waals surface area contributed by atoms with E-state index in [1.54, 1.807) is 6.07 Å². The molecular weight excluding hydrogens is 177 g/mol. The second-order valence-electron chi connectivity index (χ2n) is 1.02. The fourth-order valence-corrected chi connectivity index (χ4v) is 0.0802. The summed E-state index contributed by atoms with van der Waals surface area (Å²) < 4.78 is 0. The lowest BCUT2D eigenvalue weighted by molar-refractivity contribution is 0.318. The molecule has 0 radical (unpaired) electrons. The van der Waals surface area contributed by atoms with Gasteiger partial charge in [-0.3, -0.25) is 0 Å². The zero-order valence-corrected chi connectivity index (χ0v) is 6.60. The SMILES string of the molecule is N#CCCl.N/C(CCl)=N\O. The molecule has 0 saturated carbocycles. The van der Waals surface area contributed by atoms with Crippen molar-refractivity contribution >= 4 is 29.0 Å². The third kappa shape index (κ3) is 15.7. The van der Waals surface area contributed by atoms with Crippen molar-refractivity contribution in [3.8, 4) is 6.07 Å². The van der Waals surface area contributed by atoms with E-state index in [1.165, 1.54) is 0 Å². The van der Waals surface area contributed by atoms with Crippen molar-refractivity contribution in [2.45, 2.75) is 0 Å². The van der Waals surface area contributed by atoms with Gasteiger partial charge in [0.05, 0.1) is 11.9 Å². The second kappa shape index (κ2) is 11.2. The van der Waals surface area contributed by atoms with E-state index in [0.29, 0.717) is 0 Å². The molecule has 0 amide bonds. The first-order valence-corrected chi connectivity index (χ1v) is 3.25. The molecule has 0 atom stereocenters. The Labute approximate surface area is 68.8 Å². The Morgan fingerprint density at radius 1 is 1.70 bits per heavy atom. The van der Waals surface area contributed by atoms with Crippen LogP contribution >= 0.6 is 23.2 Å². The number of halogens is 2. The maximum Gasteiger partial charge on any atom is 0.154 e. The van der Waals surface area contributed by atoms with Crippen LogP contribution in [0.4, 0.5) is 0 Å². The van der Waals surface area contributed by atoms with Crippen LogP contribution in [0.3, 0.4) is 0 Å². The summed E-state index contributed by atoms with van der Waals surface area (Å²) >= 11 is 9.86. The molecule has 4 nitrogen and oxygen atoms in total. The molecular formula is C4H7Cl2N3O. The largest absolute Gasteiger partial charge is 0.409 e. The lowest BCUT2D eigenvalue weighted by Crippen LogP contribution is -2.12. The molecule has 0 aromatic heterocycles. The van der Waals surface area contributed by atoms with E-state index in [9.17, 15) is 0 Å². The third-order valence-corrected chi connectivity index (χ3v) is 0.718. The molecule has 0 bridgehead atoms. The summed E-state index contributed by atoms with van der Waals surface area (Å²) in [4.78, 5) is 0. The van der Waals surface area contributed by atoms with Gasteiger partial charge in [0.2, 0.25) is 0 Å². The number of nitrogens with zero attached hydrogens (tertiary/aromatic N) is 2. The molecule has 0 aliphatic rings. The number of hydrogen-bond donors (Lipinski definition) is 2. The van der Waals surface area contributed by atoms with Gasteiger partial charge in [-0.25, -0.2) is 0 Å². The first kappa shape index (κ1) is 12.1. The number of nitrogens with two attached hydrogens (primary N) is 1. The molecule has 0 spiro atoms. The van der Waals surface area contributed by atoms with E-state index in [-0.39, 0.29) is 17.6 Å². The molecule has 0 aliphatic carbocycles. The van der Waals surface area contributed by atoms with E-state index in [2.05, 4.69) is 5.16 Å². The number of alkyl halides is 2. The van der Waals surface area contributed by atoms with Gasteiger partial charge in [0.15, 0.2) is 5.84 Å². The molecule has 6 heteroatoms. The average molecular weight is 184 g/mol. The highest BCUT2D eigenvalue weighted by atomic mass is 35.5. The van der Waals surface area contributed by atoms with Crippen LogP contribution in [-0.4, -0.2) is 22.8 Å². The summed E-state index contributed by atoms with van der Waals surface area (Å²) in [6.07, 6.45) is 0. The van der Waals surface area contributed by atoms with Crippen LogP contribution in [0.5, 0.6) is 0 Å². The predicted molar refractivity (Wildman–Crippen MR) is 40.5 cm³/mol. The fraction of sp³-hybridized carbons (Fsp3) is 0.500. The normalized spacial score (nSPS) is 9.10. The Hall–Kier alpha value is -0.660. The summed E-state index contributed by atoms with van der Waals surface area (Å²) in [5.41, 5.74) is 4.84. The van der Waals surface area contributed by atoms with Gasteiger partial charge < -0.3 is 10.9 Å². The van der Waals surface area contributed by atoms with Crippen molar-refractivity contribution in [3.05, 3.63) is 0 Å². The monoisotopic (exact) mass is 183 g/mol. The number of nitriles is 1. The van der Waals surface area contributed by atoms with Crippen molar-refractivity contribution in [1.82, 2.24) is 0 Å². The van der Waals surface area contributed by atoms with Gasteiger partial charge in [-0.15, -0.1) is 23.2 Å². The molecule has 0 aliphatic heterocycles. The minimum Gasteiger partial charge on any atom is -0.409 e. The quantitative estimate of drug-likeness (QED) is 0.207. The fourth-order valence-electron chi connectivity index (χ4n) is 0.0267. The van der Waals surface area contributed by atoms with Gasteiger partial charge in [0, 0.05) is 0 Å². The predicted octanol–water partition coefficient (Wildman–Crippen LogP) is 0.720. The first-order chi connectivity index (χ1) is 4.72. The number of rotatable bonds is 1. The molecule has 0 aromatic carbocycles. The lowest BCUT2D eigenvalue weighted by atomic mass is 10.7. The highest BCUT2D eigenvalue weighted by Crippen LogP contribution is 1.70. The summed E-state index contributed by atoms with van der Waals surface area (Å²) in [5, 5.41) is 17.8. The summed E-state index contributed by atoms with van der Waals surface area (Å²) in [5.74, 6) is 0.216. The molecule has 0 rings (SSSR count). The van der Waals surface area contributed by atoms with Crippen molar-refractivity contribution in [2.75, 3.05) is 11.8 Å². The Bertz CT molecular complexity index is 131. The van der Waals surface area contributed by atoms with Crippen molar-refractivity contribution in [3.63, 3.8) is 0 Å². The summed E-state index contributed by atoms with van der Waals surface area (Å²) in [6.45, 7) is 0. The van der Waals surface area contributed by atoms with Gasteiger partial charge in [-0.05, 0) is 0 Å². The molecule has 0 aromatic rings. The van der Waals surface area contributed by atoms with Crippen LogP contribution in [0, 0.1) is 11.3 Å². The highest BCUT2D eigenvalue weighted by Gasteiger charge is 1.80. The van der Waals surface area contributed by atoms with Crippen LogP contribution in [0.25, 0.3) is 0 Å². The van der Waals surface area contributed by atoms with Crippen molar-refractivity contribution in [2.24, 2.45) is 10.9 Å². The van der Waals surface area contributed by atoms with Gasteiger partial charge in [0.25, 0.3) is 0 Å². The van der Waals surface area contributed by atoms with Gasteiger partial charge >= 0.3 is 0 Å². The lowest BCUT2D eigenvalue weighted by Gasteiger charge is -1.81. The minimum atomic E-state index is 0.0386. The number of oxime groups is 1. The third-order valence-electron chi connectivity index (χ3n) is 0.325. The van der Waals surface area contributed by atoms with E-state index >= 15 is 0 Å². The van der Waals surface area contributed by atoms with Crippen LogP contribution in [0.2, 0.25) is 0 Å². The maximum absolute atomic E-state index is 7.71. The molecule has 0 fully saturated rings. The molecule has 10 heavy (non-hydrogen) atoms. The molecule has 0 unspecified atom stereocenters. The van der Waals surface area contributed by atoms with Crippen LogP contribution in [0.1, 0.15) is 0 Å². The summed E-state index contributed by atoms with van der Waals surface area (Å²) in [7, 11) is 0. The smallest absolute Gasteiger partial charge is 0.154 e. The Morgan fingerprint density at radius 2 is 2.10 bits per heavy atom. The standard InChI is InChI=1S/C2H5ClN2O.C2H2ClN/c3-1-2(4)5-6;3-1-2-4/h6H,1H2,(H2,4,5);1H2. The minimum absolute atomic E-state index is 0.0386. The zero-order valence-electron chi connectivity index (χ0n) is 5.09. The van der Waals surface area contributed by atoms with E-state index in [4.69, 9.17) is 39.4 Å². The van der Waals surface area contributed by atoms with E-state index < -0.39 is 0 Å². The van der Waals surface area contributed by atoms with Gasteiger partial charge in [-0.1, -0.05) is 5.16 Å². The first-order valence-electron chi connectivity index (χ1n) is 2.18. The second-order valence-corrected chi connectivity index (χ2v) is 1.55. The molecule has 0 saturated heterocycles. The Kier molecular flexibility index (Phi) is 13.5. The van der Waals surface area contributed by atoms with E-state index in [1.807, 2.05) is 0 Å². The topological polar surface area (TPSA) is 82.4 Å². The zero-order chi connectivity index (χ0) is 8.41. The van der Waals surface area contributed by atoms with Crippen LogP contribution in [0.15, 0.2) is 5.16 Å². The van der Waals surface area contributed by atoms with Gasteiger partial charge in [0.1, 0.15) is 5.88 Å². The average Bonchev–Trinajstić information content (AvgIpc) is 2.03. The van der Waals surface area contributed by atoms with Crippen molar-refractivity contribution < 1.29 is 5.21 Å². The highest BCUT2D eigenvalue weighted by molar-refractivity contribution is 6.27. The number of hydrogen-bond acceptors (Lipinski definition) is 3.